The maximum absolute atomic E-state index is 12.4. The summed E-state index contributed by atoms with van der Waals surface area (Å²) in [6, 6.07) is 10.7. The van der Waals surface area contributed by atoms with Crippen LogP contribution in [0.4, 0.5) is 11.6 Å². The van der Waals surface area contributed by atoms with Crippen molar-refractivity contribution in [2.75, 3.05) is 23.3 Å². The summed E-state index contributed by atoms with van der Waals surface area (Å²) < 4.78 is 1.47. The predicted octanol–water partition coefficient (Wildman–Crippen LogP) is 2.18. The number of aromatic nitrogens is 2. The molecule has 0 bridgehead atoms. The standard InChI is InChI=1S/C18H22N4O2/c1-14-12-17(24)22(18(19-14)21-10-6-3-7-11-21)13-16(23)20-15-8-4-2-5-9-15/h2,4-5,8-9,12H,3,6-7,10-11,13H2,1H3,(H,20,23). The van der Waals surface area contributed by atoms with Crippen molar-refractivity contribution in [2.45, 2.75) is 32.7 Å². The van der Waals surface area contributed by atoms with Crippen LogP contribution in [0, 0.1) is 6.92 Å². The summed E-state index contributed by atoms with van der Waals surface area (Å²) in [5.41, 5.74) is 1.21. The third kappa shape index (κ3) is 3.82. The van der Waals surface area contributed by atoms with Crippen LogP contribution in [-0.2, 0) is 11.3 Å². The van der Waals surface area contributed by atoms with Gasteiger partial charge in [-0.1, -0.05) is 18.2 Å². The van der Waals surface area contributed by atoms with Crippen LogP contribution in [0.2, 0.25) is 0 Å². The lowest BCUT2D eigenvalue weighted by molar-refractivity contribution is -0.116. The molecule has 1 aliphatic rings. The van der Waals surface area contributed by atoms with Crippen molar-refractivity contribution in [3.63, 3.8) is 0 Å². The number of nitrogens with one attached hydrogen (secondary N) is 1. The second-order valence-electron chi connectivity index (χ2n) is 6.08. The lowest BCUT2D eigenvalue weighted by Crippen LogP contribution is -2.38. The third-order valence-corrected chi connectivity index (χ3v) is 4.11. The molecule has 1 aromatic heterocycles. The number of aryl methyl sites for hydroxylation is 1. The molecule has 24 heavy (non-hydrogen) atoms. The van der Waals surface area contributed by atoms with E-state index in [1.165, 1.54) is 17.1 Å². The molecule has 1 amide bonds. The zero-order chi connectivity index (χ0) is 16.9. The molecule has 0 unspecified atom stereocenters. The van der Waals surface area contributed by atoms with Crippen molar-refractivity contribution in [3.8, 4) is 0 Å². The summed E-state index contributed by atoms with van der Waals surface area (Å²) >= 11 is 0. The van der Waals surface area contributed by atoms with E-state index >= 15 is 0 Å². The fourth-order valence-corrected chi connectivity index (χ4v) is 2.96. The molecule has 126 valence electrons. The lowest BCUT2D eigenvalue weighted by Gasteiger charge is -2.29. The van der Waals surface area contributed by atoms with Gasteiger partial charge in [0.2, 0.25) is 11.9 Å². The fraction of sp³-hybridized carbons (Fsp3) is 0.389. The predicted molar refractivity (Wildman–Crippen MR) is 94.4 cm³/mol. The maximum atomic E-state index is 12.4. The van der Waals surface area contributed by atoms with E-state index in [4.69, 9.17) is 0 Å². The highest BCUT2D eigenvalue weighted by molar-refractivity contribution is 5.90. The zero-order valence-electron chi connectivity index (χ0n) is 13.9. The summed E-state index contributed by atoms with van der Waals surface area (Å²) in [5.74, 6) is 0.370. The molecule has 6 heteroatoms. The van der Waals surface area contributed by atoms with Crippen molar-refractivity contribution >= 4 is 17.5 Å². The monoisotopic (exact) mass is 326 g/mol. The van der Waals surface area contributed by atoms with Crippen molar-refractivity contribution in [1.82, 2.24) is 9.55 Å². The molecule has 1 N–H and O–H groups in total. The van der Waals surface area contributed by atoms with Crippen molar-refractivity contribution in [1.29, 1.82) is 0 Å². The van der Waals surface area contributed by atoms with Gasteiger partial charge < -0.3 is 10.2 Å². The van der Waals surface area contributed by atoms with Gasteiger partial charge in [-0.25, -0.2) is 4.98 Å². The van der Waals surface area contributed by atoms with Gasteiger partial charge in [0.05, 0.1) is 0 Å². The second-order valence-corrected chi connectivity index (χ2v) is 6.08. The van der Waals surface area contributed by atoms with E-state index < -0.39 is 0 Å². The van der Waals surface area contributed by atoms with Crippen molar-refractivity contribution in [2.24, 2.45) is 0 Å². The summed E-state index contributed by atoms with van der Waals surface area (Å²) in [6.45, 7) is 3.52. The Morgan fingerprint density at radius 3 is 2.58 bits per heavy atom. The number of piperidine rings is 1. The van der Waals surface area contributed by atoms with E-state index in [9.17, 15) is 9.59 Å². The highest BCUT2D eigenvalue weighted by atomic mass is 16.2. The van der Waals surface area contributed by atoms with E-state index in [1.54, 1.807) is 0 Å². The van der Waals surface area contributed by atoms with E-state index in [-0.39, 0.29) is 18.0 Å². The average Bonchev–Trinajstić information content (AvgIpc) is 2.59. The highest BCUT2D eigenvalue weighted by Gasteiger charge is 2.19. The fourth-order valence-electron chi connectivity index (χ4n) is 2.96. The number of benzene rings is 1. The number of para-hydroxylation sites is 1. The van der Waals surface area contributed by atoms with E-state index in [0.29, 0.717) is 11.6 Å². The van der Waals surface area contributed by atoms with Gasteiger partial charge in [-0.2, -0.15) is 0 Å². The topological polar surface area (TPSA) is 67.2 Å². The van der Waals surface area contributed by atoms with Gasteiger partial charge in [-0.3, -0.25) is 14.2 Å². The van der Waals surface area contributed by atoms with Gasteiger partial charge in [0.1, 0.15) is 6.54 Å². The van der Waals surface area contributed by atoms with Crippen LogP contribution in [0.3, 0.4) is 0 Å². The van der Waals surface area contributed by atoms with Gasteiger partial charge in [0, 0.05) is 30.5 Å². The van der Waals surface area contributed by atoms with Crippen LogP contribution < -0.4 is 15.8 Å². The molecule has 0 aliphatic carbocycles. The molecule has 0 saturated carbocycles. The van der Waals surface area contributed by atoms with E-state index in [2.05, 4.69) is 15.2 Å². The average molecular weight is 326 g/mol. The second kappa shape index (κ2) is 7.29. The van der Waals surface area contributed by atoms with Crippen LogP contribution in [0.1, 0.15) is 25.0 Å². The molecule has 2 heterocycles. The van der Waals surface area contributed by atoms with E-state index in [0.717, 1.165) is 31.6 Å². The quantitative estimate of drug-likeness (QED) is 0.935. The van der Waals surface area contributed by atoms with Gasteiger partial charge in [-0.15, -0.1) is 0 Å². The summed E-state index contributed by atoms with van der Waals surface area (Å²) in [7, 11) is 0. The van der Waals surface area contributed by atoms with Gasteiger partial charge in [0.25, 0.3) is 5.56 Å². The Labute approximate surface area is 141 Å². The number of hydrogen-bond donors (Lipinski definition) is 1. The minimum Gasteiger partial charge on any atom is -0.342 e. The van der Waals surface area contributed by atoms with Crippen LogP contribution in [0.5, 0.6) is 0 Å². The van der Waals surface area contributed by atoms with E-state index in [1.807, 2.05) is 37.3 Å². The molecule has 3 rings (SSSR count). The first-order chi connectivity index (χ1) is 11.6. The molecule has 0 radical (unpaired) electrons. The van der Waals surface area contributed by atoms with Gasteiger partial charge >= 0.3 is 0 Å². The molecule has 0 spiro atoms. The van der Waals surface area contributed by atoms with Crippen LogP contribution in [-0.4, -0.2) is 28.5 Å². The number of amides is 1. The smallest absolute Gasteiger partial charge is 0.255 e. The molecule has 1 aromatic carbocycles. The Kier molecular flexibility index (Phi) is 4.93. The first-order valence-electron chi connectivity index (χ1n) is 8.32. The van der Waals surface area contributed by atoms with Crippen molar-refractivity contribution < 1.29 is 4.79 Å². The SMILES string of the molecule is Cc1cc(=O)n(CC(=O)Nc2ccccc2)c(N2CCCCC2)n1. The zero-order valence-corrected chi connectivity index (χ0v) is 13.9. The first-order valence-corrected chi connectivity index (χ1v) is 8.32. The van der Waals surface area contributed by atoms with Crippen molar-refractivity contribution in [3.05, 3.63) is 52.4 Å². The molecular weight excluding hydrogens is 304 g/mol. The molecular formula is C18H22N4O2. The minimum absolute atomic E-state index is 0.0349. The number of rotatable bonds is 4. The summed E-state index contributed by atoms with van der Waals surface area (Å²) in [5, 5.41) is 2.82. The summed E-state index contributed by atoms with van der Waals surface area (Å²) in [6.07, 6.45) is 3.36. The maximum Gasteiger partial charge on any atom is 0.255 e. The lowest BCUT2D eigenvalue weighted by atomic mass is 10.1. The Balaban J connectivity index is 1.83. The number of carbonyl (C=O) groups is 1. The summed E-state index contributed by atoms with van der Waals surface area (Å²) in [4.78, 5) is 31.4. The molecule has 1 saturated heterocycles. The Bertz CT molecular complexity index is 764. The van der Waals surface area contributed by atoms with Crippen LogP contribution in [0.25, 0.3) is 0 Å². The van der Waals surface area contributed by atoms with Gasteiger partial charge in [-0.05, 0) is 38.3 Å². The first kappa shape index (κ1) is 16.2. The Hall–Kier alpha value is -2.63. The van der Waals surface area contributed by atoms with Gasteiger partial charge in [0.15, 0.2) is 0 Å². The molecule has 1 aliphatic heterocycles. The number of anilines is 2. The normalized spacial score (nSPS) is 14.5. The molecule has 1 fully saturated rings. The molecule has 2 aromatic rings. The molecule has 0 atom stereocenters. The highest BCUT2D eigenvalue weighted by Crippen LogP contribution is 2.17. The van der Waals surface area contributed by atoms with Crippen LogP contribution in [0.15, 0.2) is 41.2 Å². The Morgan fingerprint density at radius 2 is 1.88 bits per heavy atom. The molecule has 6 nitrogen and oxygen atoms in total. The number of nitrogens with zero attached hydrogens (tertiary/aromatic N) is 3. The Morgan fingerprint density at radius 1 is 1.17 bits per heavy atom. The number of hydrogen-bond acceptors (Lipinski definition) is 4. The third-order valence-electron chi connectivity index (χ3n) is 4.11. The van der Waals surface area contributed by atoms with Crippen LogP contribution >= 0.6 is 0 Å². The largest absolute Gasteiger partial charge is 0.342 e. The number of carbonyl (C=O) groups excluding carboxylic acids is 1. The minimum atomic E-state index is -0.229.